The molecule has 2 aliphatic rings. The number of amidine groups is 1. The maximum atomic E-state index is 13.4. The molecule has 1 aromatic heterocycles. The van der Waals surface area contributed by atoms with E-state index in [1.165, 1.54) is 17.8 Å². The summed E-state index contributed by atoms with van der Waals surface area (Å²) in [6, 6.07) is 16.8. The minimum atomic E-state index is -1.06. The highest BCUT2D eigenvalue weighted by molar-refractivity contribution is 8.15. The summed E-state index contributed by atoms with van der Waals surface area (Å²) in [6.07, 6.45) is 0.514. The Kier molecular flexibility index (Phi) is 6.25. The molecule has 34 heavy (non-hydrogen) atoms. The van der Waals surface area contributed by atoms with E-state index >= 15 is 0 Å². The fourth-order valence-electron chi connectivity index (χ4n) is 3.77. The summed E-state index contributed by atoms with van der Waals surface area (Å²) in [5.74, 6) is -2.97. The van der Waals surface area contributed by atoms with Crippen LogP contribution in [0.25, 0.3) is 0 Å². The molecule has 0 radical (unpaired) electrons. The van der Waals surface area contributed by atoms with Crippen LogP contribution < -0.4 is 5.32 Å². The van der Waals surface area contributed by atoms with Crippen molar-refractivity contribution in [3.8, 4) is 0 Å². The van der Waals surface area contributed by atoms with Crippen molar-refractivity contribution in [2.75, 3.05) is 5.32 Å². The van der Waals surface area contributed by atoms with Gasteiger partial charge >= 0.3 is 0 Å². The number of carbonyl (C=O) groups is 2. The van der Waals surface area contributed by atoms with Gasteiger partial charge in [-0.25, -0.2) is 13.8 Å². The number of nitrogens with one attached hydrogen (secondary N) is 1. The van der Waals surface area contributed by atoms with E-state index in [1.54, 1.807) is 16.3 Å². The van der Waals surface area contributed by atoms with Gasteiger partial charge in [-0.3, -0.25) is 9.59 Å². The van der Waals surface area contributed by atoms with Gasteiger partial charge in [0.1, 0.15) is 5.25 Å². The first-order valence-electron chi connectivity index (χ1n) is 10.5. The zero-order chi connectivity index (χ0) is 23.7. The third-order valence-electron chi connectivity index (χ3n) is 5.40. The summed E-state index contributed by atoms with van der Waals surface area (Å²) in [7, 11) is 0. The van der Waals surface area contributed by atoms with Crippen molar-refractivity contribution >= 4 is 51.5 Å². The average Bonchev–Trinajstić information content (AvgIpc) is 3.57. The first-order chi connectivity index (χ1) is 16.5. The van der Waals surface area contributed by atoms with Crippen LogP contribution in [0.2, 0.25) is 0 Å². The monoisotopic (exact) mass is 496 g/mol. The molecule has 10 heteroatoms. The maximum absolute atomic E-state index is 13.4. The number of anilines is 1. The lowest BCUT2D eigenvalue weighted by Gasteiger charge is -2.23. The van der Waals surface area contributed by atoms with Crippen molar-refractivity contribution in [3.05, 3.63) is 88.1 Å². The van der Waals surface area contributed by atoms with Crippen LogP contribution in [-0.4, -0.2) is 33.0 Å². The van der Waals surface area contributed by atoms with Crippen molar-refractivity contribution in [2.24, 2.45) is 10.1 Å². The van der Waals surface area contributed by atoms with Gasteiger partial charge in [0.15, 0.2) is 16.8 Å². The maximum Gasteiger partial charge on any atom is 0.262 e. The van der Waals surface area contributed by atoms with E-state index < -0.39 is 28.7 Å². The quantitative estimate of drug-likeness (QED) is 0.527. The Balaban J connectivity index is 1.31. The molecule has 2 amide bonds. The van der Waals surface area contributed by atoms with Crippen molar-refractivity contribution in [1.82, 2.24) is 5.01 Å². The van der Waals surface area contributed by atoms with E-state index in [2.05, 4.69) is 10.3 Å². The molecule has 0 saturated heterocycles. The van der Waals surface area contributed by atoms with Crippen molar-refractivity contribution in [3.63, 3.8) is 0 Å². The fraction of sp³-hybridized carbons (Fsp3) is 0.167. The molecule has 6 nitrogen and oxygen atoms in total. The lowest BCUT2D eigenvalue weighted by Crippen LogP contribution is -2.25. The van der Waals surface area contributed by atoms with Crippen LogP contribution in [0.5, 0.6) is 0 Å². The fourth-order valence-corrected chi connectivity index (χ4v) is 5.55. The summed E-state index contributed by atoms with van der Waals surface area (Å²) >= 11 is 2.79. The zero-order valence-corrected chi connectivity index (χ0v) is 19.3. The normalized spacial score (nSPS) is 19.8. The van der Waals surface area contributed by atoms with E-state index in [1.807, 2.05) is 47.8 Å². The van der Waals surface area contributed by atoms with Crippen LogP contribution in [0.3, 0.4) is 0 Å². The summed E-state index contributed by atoms with van der Waals surface area (Å²) in [5.41, 5.74) is 2.08. The highest BCUT2D eigenvalue weighted by atomic mass is 32.2. The Morgan fingerprint density at radius 1 is 1.09 bits per heavy atom. The van der Waals surface area contributed by atoms with Gasteiger partial charge in [0, 0.05) is 24.6 Å². The molecule has 1 N–H and O–H groups in total. The number of hydrazone groups is 1. The predicted octanol–water partition coefficient (Wildman–Crippen LogP) is 5.20. The molecule has 0 aliphatic carbocycles. The van der Waals surface area contributed by atoms with Gasteiger partial charge in [0.05, 0.1) is 16.6 Å². The number of rotatable bonds is 5. The second-order valence-corrected chi connectivity index (χ2v) is 9.84. The molecule has 3 heterocycles. The zero-order valence-electron chi connectivity index (χ0n) is 17.7. The number of aliphatic imine (C=N–C) groups is 1. The molecule has 0 spiro atoms. The average molecular weight is 497 g/mol. The van der Waals surface area contributed by atoms with E-state index in [4.69, 9.17) is 5.10 Å². The van der Waals surface area contributed by atoms with Gasteiger partial charge in [-0.05, 0) is 29.1 Å². The largest absolute Gasteiger partial charge is 0.326 e. The number of hydrogen-bond donors (Lipinski definition) is 1. The van der Waals surface area contributed by atoms with E-state index in [-0.39, 0.29) is 18.2 Å². The Labute approximate surface area is 202 Å². The summed E-state index contributed by atoms with van der Waals surface area (Å²) in [6.45, 7) is 0. The predicted molar refractivity (Wildman–Crippen MR) is 130 cm³/mol. The smallest absolute Gasteiger partial charge is 0.262 e. The highest BCUT2D eigenvalue weighted by Gasteiger charge is 2.39. The van der Waals surface area contributed by atoms with Crippen molar-refractivity contribution in [2.45, 2.75) is 24.1 Å². The number of amides is 2. The molecule has 0 bridgehead atoms. The number of carbonyl (C=O) groups excluding carboxylic acids is 2. The second kappa shape index (κ2) is 9.47. The number of thiophene rings is 1. The van der Waals surface area contributed by atoms with Crippen LogP contribution >= 0.6 is 23.1 Å². The van der Waals surface area contributed by atoms with Gasteiger partial charge < -0.3 is 5.32 Å². The number of nitrogens with zero attached hydrogens (tertiary/aromatic N) is 3. The van der Waals surface area contributed by atoms with Crippen LogP contribution in [0.4, 0.5) is 14.5 Å². The molecular formula is C24H18F2N4O2S2. The number of thioether (sulfide) groups is 1. The van der Waals surface area contributed by atoms with Crippen LogP contribution in [0.15, 0.2) is 76.1 Å². The van der Waals surface area contributed by atoms with Gasteiger partial charge in [0.25, 0.3) is 5.91 Å². The minimum Gasteiger partial charge on any atom is -0.326 e. The topological polar surface area (TPSA) is 74.1 Å². The lowest BCUT2D eigenvalue weighted by molar-refractivity contribution is -0.121. The second-order valence-electron chi connectivity index (χ2n) is 7.72. The van der Waals surface area contributed by atoms with Crippen LogP contribution in [-0.2, 0) is 9.59 Å². The summed E-state index contributed by atoms with van der Waals surface area (Å²) in [4.78, 5) is 30.3. The van der Waals surface area contributed by atoms with Gasteiger partial charge in [0.2, 0.25) is 5.91 Å². The Morgan fingerprint density at radius 2 is 1.91 bits per heavy atom. The Hall–Kier alpha value is -3.37. The number of hydrogen-bond acceptors (Lipinski definition) is 6. The van der Waals surface area contributed by atoms with E-state index in [0.29, 0.717) is 11.6 Å². The first kappa shape index (κ1) is 22.4. The lowest BCUT2D eigenvalue weighted by atomic mass is 10.0. The third-order valence-corrected chi connectivity index (χ3v) is 7.46. The SMILES string of the molecule is O=C(C[C@@H]1SC(N2N=C(c3cccs3)C[C@H]2c2ccccc2)=NC1=O)Nc1ccc(F)c(F)c1. The third kappa shape index (κ3) is 4.64. The molecule has 2 atom stereocenters. The summed E-state index contributed by atoms with van der Waals surface area (Å²) in [5, 5.41) is 10.8. The molecule has 0 fully saturated rings. The molecule has 0 saturated carbocycles. The first-order valence-corrected chi connectivity index (χ1v) is 12.2. The van der Waals surface area contributed by atoms with Crippen molar-refractivity contribution in [1.29, 1.82) is 0 Å². The Bertz CT molecular complexity index is 1300. The number of benzene rings is 2. The van der Waals surface area contributed by atoms with Crippen LogP contribution in [0, 0.1) is 11.6 Å². The molecule has 2 aromatic carbocycles. The van der Waals surface area contributed by atoms with E-state index in [9.17, 15) is 18.4 Å². The Morgan fingerprint density at radius 3 is 2.65 bits per heavy atom. The molecule has 172 valence electrons. The molecular weight excluding hydrogens is 478 g/mol. The van der Waals surface area contributed by atoms with Crippen molar-refractivity contribution < 1.29 is 18.4 Å². The van der Waals surface area contributed by atoms with Crippen LogP contribution in [0.1, 0.15) is 29.3 Å². The highest BCUT2D eigenvalue weighted by Crippen LogP contribution is 2.39. The van der Waals surface area contributed by atoms with Gasteiger partial charge in [-0.15, -0.1) is 11.3 Å². The molecule has 0 unspecified atom stereocenters. The van der Waals surface area contributed by atoms with E-state index in [0.717, 1.165) is 28.3 Å². The van der Waals surface area contributed by atoms with Gasteiger partial charge in [-0.1, -0.05) is 48.2 Å². The minimum absolute atomic E-state index is 0.118. The molecule has 5 rings (SSSR count). The molecule has 3 aromatic rings. The molecule has 2 aliphatic heterocycles. The number of halogens is 2. The van der Waals surface area contributed by atoms with Gasteiger partial charge in [-0.2, -0.15) is 10.1 Å². The standard InChI is InChI=1S/C24H18F2N4O2S2/c25-16-9-8-15(11-17(16)26)27-22(31)13-21-23(32)28-24(34-21)30-19(14-5-2-1-3-6-14)12-18(29-30)20-7-4-10-33-20/h1-11,19,21H,12-13H2,(H,27,31)/t19-,21-/m0/s1. The summed E-state index contributed by atoms with van der Waals surface area (Å²) < 4.78 is 26.5.